The van der Waals surface area contributed by atoms with E-state index >= 15 is 0 Å². The zero-order valence-corrected chi connectivity index (χ0v) is 11.7. The number of halogens is 4. The standard InChI is InChI=1S/C12H12ClF3N2S/c1-7-4-5-19-11(17-7)18-8-2-3-10(13)9(6-8)12(14,15)16/h2-3,6-7H,4-5H2,1H3,(H,17,18). The predicted octanol–water partition coefficient (Wildman–Crippen LogP) is 4.65. The van der Waals surface area contributed by atoms with Gasteiger partial charge in [0.15, 0.2) is 5.17 Å². The maximum atomic E-state index is 12.7. The van der Waals surface area contributed by atoms with Gasteiger partial charge in [-0.05, 0) is 31.5 Å². The number of anilines is 1. The van der Waals surface area contributed by atoms with Crippen LogP contribution in [-0.4, -0.2) is 17.0 Å². The van der Waals surface area contributed by atoms with Crippen molar-refractivity contribution < 1.29 is 13.2 Å². The van der Waals surface area contributed by atoms with Gasteiger partial charge in [0, 0.05) is 11.4 Å². The first kappa shape index (κ1) is 14.5. The fourth-order valence-electron chi connectivity index (χ4n) is 1.64. The number of hydrogen-bond acceptors (Lipinski definition) is 3. The average Bonchev–Trinajstić information content (AvgIpc) is 2.30. The van der Waals surface area contributed by atoms with E-state index < -0.39 is 11.7 Å². The first-order valence-electron chi connectivity index (χ1n) is 5.70. The van der Waals surface area contributed by atoms with E-state index in [0.29, 0.717) is 10.9 Å². The number of thioether (sulfide) groups is 1. The van der Waals surface area contributed by atoms with Gasteiger partial charge in [-0.1, -0.05) is 23.4 Å². The summed E-state index contributed by atoms with van der Waals surface area (Å²) in [5.74, 6) is 0.909. The van der Waals surface area contributed by atoms with Gasteiger partial charge in [-0.3, -0.25) is 4.99 Å². The fraction of sp³-hybridized carbons (Fsp3) is 0.417. The highest BCUT2D eigenvalue weighted by atomic mass is 35.5. The van der Waals surface area contributed by atoms with E-state index in [1.54, 1.807) is 0 Å². The number of amidine groups is 1. The molecular weight excluding hydrogens is 297 g/mol. The van der Waals surface area contributed by atoms with Crippen molar-refractivity contribution in [3.05, 3.63) is 28.8 Å². The molecule has 0 spiro atoms. The Hall–Kier alpha value is -0.880. The number of rotatable bonds is 1. The Morgan fingerprint density at radius 3 is 2.79 bits per heavy atom. The molecule has 0 saturated carbocycles. The first-order chi connectivity index (χ1) is 8.86. The summed E-state index contributed by atoms with van der Waals surface area (Å²) in [6.07, 6.45) is -3.48. The van der Waals surface area contributed by atoms with E-state index in [2.05, 4.69) is 10.3 Å². The number of nitrogens with zero attached hydrogens (tertiary/aromatic N) is 1. The molecule has 0 aromatic heterocycles. The zero-order chi connectivity index (χ0) is 14.0. The number of aliphatic imine (C=N–C) groups is 1. The zero-order valence-electron chi connectivity index (χ0n) is 10.1. The summed E-state index contributed by atoms with van der Waals surface area (Å²) in [7, 11) is 0. The Balaban J connectivity index is 2.22. The van der Waals surface area contributed by atoms with Gasteiger partial charge in [0.25, 0.3) is 0 Å². The third-order valence-corrected chi connectivity index (χ3v) is 3.89. The highest BCUT2D eigenvalue weighted by molar-refractivity contribution is 8.14. The van der Waals surface area contributed by atoms with Crippen LogP contribution in [0.4, 0.5) is 18.9 Å². The average molecular weight is 309 g/mol. The van der Waals surface area contributed by atoms with Crippen molar-refractivity contribution in [2.24, 2.45) is 4.99 Å². The number of nitrogens with one attached hydrogen (secondary N) is 1. The molecule has 0 bridgehead atoms. The van der Waals surface area contributed by atoms with Crippen molar-refractivity contribution in [1.29, 1.82) is 0 Å². The Kier molecular flexibility index (Phi) is 4.30. The van der Waals surface area contributed by atoms with Crippen LogP contribution in [0.25, 0.3) is 0 Å². The van der Waals surface area contributed by atoms with E-state index in [4.69, 9.17) is 11.6 Å². The van der Waals surface area contributed by atoms with E-state index in [1.165, 1.54) is 23.9 Å². The largest absolute Gasteiger partial charge is 0.417 e. The maximum Gasteiger partial charge on any atom is 0.417 e. The number of benzene rings is 1. The highest BCUT2D eigenvalue weighted by Crippen LogP contribution is 2.36. The summed E-state index contributed by atoms with van der Waals surface area (Å²) in [5.41, 5.74) is -0.495. The van der Waals surface area contributed by atoms with Crippen molar-refractivity contribution >= 4 is 34.2 Å². The summed E-state index contributed by atoms with van der Waals surface area (Å²) < 4.78 is 38.2. The smallest absolute Gasteiger partial charge is 0.335 e. The minimum Gasteiger partial charge on any atom is -0.335 e. The van der Waals surface area contributed by atoms with Crippen molar-refractivity contribution in [3.63, 3.8) is 0 Å². The second-order valence-electron chi connectivity index (χ2n) is 4.24. The van der Waals surface area contributed by atoms with Gasteiger partial charge < -0.3 is 5.32 Å². The monoisotopic (exact) mass is 308 g/mol. The normalized spacial score (nSPS) is 20.1. The van der Waals surface area contributed by atoms with Crippen molar-refractivity contribution in [2.75, 3.05) is 11.1 Å². The lowest BCUT2D eigenvalue weighted by Gasteiger charge is -2.18. The molecule has 19 heavy (non-hydrogen) atoms. The van der Waals surface area contributed by atoms with Crippen LogP contribution in [-0.2, 0) is 6.18 Å². The van der Waals surface area contributed by atoms with Gasteiger partial charge in [0.05, 0.1) is 16.6 Å². The van der Waals surface area contributed by atoms with Crippen LogP contribution in [0.1, 0.15) is 18.9 Å². The lowest BCUT2D eigenvalue weighted by molar-refractivity contribution is -0.137. The van der Waals surface area contributed by atoms with Crippen LogP contribution < -0.4 is 5.32 Å². The summed E-state index contributed by atoms with van der Waals surface area (Å²) in [6, 6.07) is 3.95. The van der Waals surface area contributed by atoms with Crippen molar-refractivity contribution in [3.8, 4) is 0 Å². The Morgan fingerprint density at radius 1 is 1.42 bits per heavy atom. The molecule has 1 N–H and O–H groups in total. The summed E-state index contributed by atoms with van der Waals surface area (Å²) in [4.78, 5) is 4.35. The Bertz CT molecular complexity index is 502. The molecule has 0 saturated heterocycles. The Labute approximate surface area is 118 Å². The lowest BCUT2D eigenvalue weighted by Crippen LogP contribution is -2.18. The molecule has 0 aliphatic carbocycles. The topological polar surface area (TPSA) is 24.4 Å². The van der Waals surface area contributed by atoms with Crippen molar-refractivity contribution in [1.82, 2.24) is 0 Å². The van der Waals surface area contributed by atoms with Crippen LogP contribution in [0, 0.1) is 0 Å². The minimum absolute atomic E-state index is 0.193. The number of alkyl halides is 3. The van der Waals surface area contributed by atoms with Crippen LogP contribution in [0.3, 0.4) is 0 Å². The van der Waals surface area contributed by atoms with Gasteiger partial charge in [0.1, 0.15) is 0 Å². The van der Waals surface area contributed by atoms with Crippen molar-refractivity contribution in [2.45, 2.75) is 25.6 Å². The molecule has 0 amide bonds. The molecule has 1 atom stereocenters. The molecule has 1 aromatic rings. The molecule has 1 aliphatic heterocycles. The maximum absolute atomic E-state index is 12.7. The minimum atomic E-state index is -4.45. The first-order valence-corrected chi connectivity index (χ1v) is 7.07. The third kappa shape index (κ3) is 3.79. The van der Waals surface area contributed by atoms with Gasteiger partial charge in [0.2, 0.25) is 0 Å². The second kappa shape index (κ2) is 5.63. The van der Waals surface area contributed by atoms with Crippen LogP contribution in [0.2, 0.25) is 5.02 Å². The van der Waals surface area contributed by atoms with E-state index in [9.17, 15) is 13.2 Å². The molecule has 1 aliphatic rings. The summed E-state index contributed by atoms with van der Waals surface area (Å²) in [5, 5.41) is 3.25. The lowest BCUT2D eigenvalue weighted by atomic mass is 10.2. The van der Waals surface area contributed by atoms with E-state index in [1.807, 2.05) is 6.92 Å². The summed E-state index contributed by atoms with van der Waals surface area (Å²) in [6.45, 7) is 1.98. The molecule has 1 heterocycles. The molecule has 2 nitrogen and oxygen atoms in total. The molecule has 2 rings (SSSR count). The quantitative estimate of drug-likeness (QED) is 0.816. The molecule has 0 fully saturated rings. The van der Waals surface area contributed by atoms with Gasteiger partial charge >= 0.3 is 6.18 Å². The van der Waals surface area contributed by atoms with Gasteiger partial charge in [-0.25, -0.2) is 0 Å². The van der Waals surface area contributed by atoms with E-state index in [-0.39, 0.29) is 11.1 Å². The summed E-state index contributed by atoms with van der Waals surface area (Å²) >= 11 is 7.07. The van der Waals surface area contributed by atoms with Gasteiger partial charge in [-0.15, -0.1) is 0 Å². The SMILES string of the molecule is CC1CCSC(Nc2ccc(Cl)c(C(F)(F)F)c2)=N1. The molecule has 1 unspecified atom stereocenters. The van der Waals surface area contributed by atoms with E-state index in [0.717, 1.165) is 18.2 Å². The molecule has 104 valence electrons. The molecule has 0 radical (unpaired) electrons. The molecule has 7 heteroatoms. The molecular formula is C12H12ClF3N2S. The highest BCUT2D eigenvalue weighted by Gasteiger charge is 2.33. The third-order valence-electron chi connectivity index (χ3n) is 2.64. The van der Waals surface area contributed by atoms with Crippen LogP contribution in [0.15, 0.2) is 23.2 Å². The number of hydrogen-bond donors (Lipinski definition) is 1. The fourth-order valence-corrected chi connectivity index (χ4v) is 2.96. The second-order valence-corrected chi connectivity index (χ2v) is 5.73. The van der Waals surface area contributed by atoms with Crippen LogP contribution >= 0.6 is 23.4 Å². The Morgan fingerprint density at radius 2 is 2.16 bits per heavy atom. The predicted molar refractivity (Wildman–Crippen MR) is 74.0 cm³/mol. The van der Waals surface area contributed by atoms with Gasteiger partial charge in [-0.2, -0.15) is 13.2 Å². The van der Waals surface area contributed by atoms with Crippen LogP contribution in [0.5, 0.6) is 0 Å². The molecule has 1 aromatic carbocycles.